The van der Waals surface area contributed by atoms with E-state index in [1.54, 1.807) is 6.07 Å². The van der Waals surface area contributed by atoms with E-state index in [2.05, 4.69) is 51.3 Å². The first-order chi connectivity index (χ1) is 17.2. The number of anilines is 1. The zero-order valence-corrected chi connectivity index (χ0v) is 23.4. The first-order valence-electron chi connectivity index (χ1n) is 13.8. The van der Waals surface area contributed by atoms with Gasteiger partial charge in [0, 0.05) is 49.7 Å². The second-order valence-corrected chi connectivity index (χ2v) is 10.7. The molecule has 2 heterocycles. The third kappa shape index (κ3) is 6.47. The lowest BCUT2D eigenvalue weighted by Crippen LogP contribution is -2.49. The van der Waals surface area contributed by atoms with Crippen LogP contribution in [0.4, 0.5) is 10.2 Å². The van der Waals surface area contributed by atoms with Gasteiger partial charge in [0.1, 0.15) is 11.6 Å². The van der Waals surface area contributed by atoms with E-state index in [0.29, 0.717) is 18.3 Å². The molecule has 200 valence electrons. The molecule has 0 N–H and O–H groups in total. The number of hydrogen-bond acceptors (Lipinski definition) is 4. The third-order valence-electron chi connectivity index (χ3n) is 7.54. The van der Waals surface area contributed by atoms with Crippen LogP contribution in [-0.2, 0) is 11.3 Å². The van der Waals surface area contributed by atoms with E-state index < -0.39 is 0 Å². The number of aromatic nitrogens is 2. The highest BCUT2D eigenvalue weighted by molar-refractivity contribution is 5.79. The number of halogens is 1. The monoisotopic (exact) mass is 499 g/mol. The topological polar surface area (TPSA) is 44.6 Å². The summed E-state index contributed by atoms with van der Waals surface area (Å²) in [6.45, 7) is 19.1. The molecule has 3 rings (SSSR count). The molecule has 1 aromatic heterocycles. The van der Waals surface area contributed by atoms with Crippen LogP contribution in [0.5, 0.6) is 0 Å². The molecule has 0 aliphatic carbocycles. The standard InChI is InChI=1S/C29H46FN5O/c1-8-10-12-24(9-2)29(36)34(22(5)6)20-27-23(7)31-35(26-14-11-13-25(30)19-26)28(27)33-17-15-32(16-18-33)21(3)4/h11,13-14,19,21-22,24H,8-10,12,15-18,20H2,1-7H3/t24-/m0/s1. The molecule has 2 aromatic rings. The lowest BCUT2D eigenvalue weighted by atomic mass is 9.96. The maximum absolute atomic E-state index is 14.2. The first-order valence-corrected chi connectivity index (χ1v) is 13.8. The van der Waals surface area contributed by atoms with E-state index in [9.17, 15) is 9.18 Å². The summed E-state index contributed by atoms with van der Waals surface area (Å²) in [6, 6.07) is 7.21. The van der Waals surface area contributed by atoms with E-state index >= 15 is 0 Å². The summed E-state index contributed by atoms with van der Waals surface area (Å²) in [7, 11) is 0. The van der Waals surface area contributed by atoms with Gasteiger partial charge in [-0.3, -0.25) is 9.69 Å². The van der Waals surface area contributed by atoms with E-state index in [1.165, 1.54) is 12.1 Å². The van der Waals surface area contributed by atoms with Gasteiger partial charge in [-0.2, -0.15) is 5.10 Å². The van der Waals surface area contributed by atoms with Crippen LogP contribution in [0.15, 0.2) is 24.3 Å². The van der Waals surface area contributed by atoms with Gasteiger partial charge in [0.15, 0.2) is 0 Å². The fourth-order valence-corrected chi connectivity index (χ4v) is 5.17. The van der Waals surface area contributed by atoms with E-state index in [-0.39, 0.29) is 23.7 Å². The van der Waals surface area contributed by atoms with Crippen LogP contribution in [0.1, 0.15) is 78.5 Å². The summed E-state index contributed by atoms with van der Waals surface area (Å²) in [6.07, 6.45) is 3.95. The zero-order chi connectivity index (χ0) is 26.4. The minimum Gasteiger partial charge on any atom is -0.354 e. The van der Waals surface area contributed by atoms with Gasteiger partial charge < -0.3 is 9.80 Å². The number of nitrogens with zero attached hydrogens (tertiary/aromatic N) is 5. The van der Waals surface area contributed by atoms with Crippen molar-refractivity contribution >= 4 is 11.7 Å². The van der Waals surface area contributed by atoms with Crippen molar-refractivity contribution in [3.8, 4) is 5.69 Å². The molecule has 7 heteroatoms. The van der Waals surface area contributed by atoms with Gasteiger partial charge in [0.05, 0.1) is 17.9 Å². The number of amides is 1. The number of aryl methyl sites for hydroxylation is 1. The Morgan fingerprint density at radius 1 is 1.11 bits per heavy atom. The molecule has 1 aliphatic heterocycles. The number of unbranched alkanes of at least 4 members (excludes halogenated alkanes) is 1. The summed E-state index contributed by atoms with van der Waals surface area (Å²) in [5, 5.41) is 4.89. The Morgan fingerprint density at radius 2 is 1.81 bits per heavy atom. The minimum absolute atomic E-state index is 0.0453. The average Bonchev–Trinajstić information content (AvgIpc) is 3.18. The van der Waals surface area contributed by atoms with Crippen LogP contribution in [0.25, 0.3) is 5.69 Å². The quantitative estimate of drug-likeness (QED) is 0.392. The number of rotatable bonds is 11. The fourth-order valence-electron chi connectivity index (χ4n) is 5.17. The maximum Gasteiger partial charge on any atom is 0.226 e. The van der Waals surface area contributed by atoms with E-state index in [4.69, 9.17) is 5.10 Å². The lowest BCUT2D eigenvalue weighted by Gasteiger charge is -2.39. The molecule has 1 saturated heterocycles. The highest BCUT2D eigenvalue weighted by Crippen LogP contribution is 2.31. The first kappa shape index (κ1) is 28.2. The van der Waals surface area contributed by atoms with Crippen molar-refractivity contribution in [1.29, 1.82) is 0 Å². The third-order valence-corrected chi connectivity index (χ3v) is 7.54. The van der Waals surface area contributed by atoms with E-state index in [1.807, 2.05) is 22.6 Å². The molecule has 0 spiro atoms. The molecular formula is C29H46FN5O. The van der Waals surface area contributed by atoms with Crippen LogP contribution >= 0.6 is 0 Å². The Bertz CT molecular complexity index is 994. The summed E-state index contributed by atoms with van der Waals surface area (Å²) >= 11 is 0. The van der Waals surface area contributed by atoms with Crippen LogP contribution in [0, 0.1) is 18.7 Å². The Kier molecular flexibility index (Phi) is 9.94. The smallest absolute Gasteiger partial charge is 0.226 e. The average molecular weight is 500 g/mol. The van der Waals surface area contributed by atoms with Crippen LogP contribution in [0.2, 0.25) is 0 Å². The Balaban J connectivity index is 2.02. The number of hydrogen-bond donors (Lipinski definition) is 0. The number of carbonyl (C=O) groups is 1. The van der Waals surface area contributed by atoms with Gasteiger partial charge in [0.2, 0.25) is 5.91 Å². The van der Waals surface area contributed by atoms with Gasteiger partial charge >= 0.3 is 0 Å². The number of piperazine rings is 1. The predicted molar refractivity (Wildman–Crippen MR) is 146 cm³/mol. The second-order valence-electron chi connectivity index (χ2n) is 10.7. The van der Waals surface area contributed by atoms with Crippen molar-refractivity contribution in [2.75, 3.05) is 31.1 Å². The Labute approximate surface area is 217 Å². The van der Waals surface area contributed by atoms with Crippen molar-refractivity contribution in [1.82, 2.24) is 19.6 Å². The zero-order valence-electron chi connectivity index (χ0n) is 23.4. The molecule has 1 amide bonds. The summed E-state index contributed by atoms with van der Waals surface area (Å²) < 4.78 is 16.1. The minimum atomic E-state index is -0.279. The van der Waals surface area contributed by atoms with Crippen molar-refractivity contribution in [2.24, 2.45) is 5.92 Å². The number of carbonyl (C=O) groups excluding carboxylic acids is 1. The van der Waals surface area contributed by atoms with Gasteiger partial charge in [-0.05, 0) is 65.7 Å². The highest BCUT2D eigenvalue weighted by atomic mass is 19.1. The van der Waals surface area contributed by atoms with Gasteiger partial charge in [0.25, 0.3) is 0 Å². The molecule has 0 bridgehead atoms. The lowest BCUT2D eigenvalue weighted by molar-refractivity contribution is -0.138. The molecule has 36 heavy (non-hydrogen) atoms. The van der Waals surface area contributed by atoms with Gasteiger partial charge in [-0.1, -0.05) is 32.8 Å². The predicted octanol–water partition coefficient (Wildman–Crippen LogP) is 5.80. The van der Waals surface area contributed by atoms with Crippen LogP contribution < -0.4 is 4.90 Å². The SMILES string of the molecule is CCCC[C@H](CC)C(=O)N(Cc1c(C)nn(-c2cccc(F)c2)c1N1CCN(C(C)C)CC1)C(C)C. The molecule has 1 atom stereocenters. The van der Waals surface area contributed by atoms with Crippen molar-refractivity contribution in [3.05, 3.63) is 41.3 Å². The fraction of sp³-hybridized carbons (Fsp3) is 0.655. The van der Waals surface area contributed by atoms with Crippen molar-refractivity contribution < 1.29 is 9.18 Å². The summed E-state index contributed by atoms with van der Waals surface area (Å²) in [4.78, 5) is 20.6. The largest absolute Gasteiger partial charge is 0.354 e. The normalized spacial score (nSPS) is 15.7. The Morgan fingerprint density at radius 3 is 2.36 bits per heavy atom. The van der Waals surface area contributed by atoms with Crippen LogP contribution in [-0.4, -0.2) is 63.8 Å². The highest BCUT2D eigenvalue weighted by Gasteiger charge is 2.31. The molecule has 0 radical (unpaired) electrons. The molecule has 1 aliphatic rings. The molecular weight excluding hydrogens is 453 g/mol. The molecule has 1 fully saturated rings. The van der Waals surface area contributed by atoms with Crippen LogP contribution in [0.3, 0.4) is 0 Å². The molecule has 1 aromatic carbocycles. The second kappa shape index (κ2) is 12.7. The van der Waals surface area contributed by atoms with Gasteiger partial charge in [-0.25, -0.2) is 9.07 Å². The van der Waals surface area contributed by atoms with Gasteiger partial charge in [-0.15, -0.1) is 0 Å². The molecule has 0 saturated carbocycles. The maximum atomic E-state index is 14.2. The summed E-state index contributed by atoms with van der Waals surface area (Å²) in [5.74, 6) is 0.985. The molecule has 0 unspecified atom stereocenters. The number of benzene rings is 1. The Hall–Kier alpha value is -2.41. The molecule has 6 nitrogen and oxygen atoms in total. The van der Waals surface area contributed by atoms with Crippen molar-refractivity contribution in [3.63, 3.8) is 0 Å². The van der Waals surface area contributed by atoms with Crippen molar-refractivity contribution in [2.45, 2.75) is 92.8 Å². The van der Waals surface area contributed by atoms with E-state index in [0.717, 1.165) is 68.9 Å². The summed E-state index contributed by atoms with van der Waals surface area (Å²) in [5.41, 5.74) is 2.66.